The highest BCUT2D eigenvalue weighted by molar-refractivity contribution is 5.32. The van der Waals surface area contributed by atoms with Crippen LogP contribution in [0.25, 0.3) is 0 Å². The van der Waals surface area contributed by atoms with Gasteiger partial charge in [0.2, 0.25) is 0 Å². The van der Waals surface area contributed by atoms with Gasteiger partial charge in [0.1, 0.15) is 0 Å². The molecule has 3 nitrogen and oxygen atoms in total. The number of nitrogens with zero attached hydrogens (tertiary/aromatic N) is 2. The van der Waals surface area contributed by atoms with Gasteiger partial charge in [0.05, 0.1) is 0 Å². The van der Waals surface area contributed by atoms with Crippen LogP contribution in [0, 0.1) is 5.92 Å². The standard InChI is InChI=1S/C18H31N3/c1-15(2)13-21(12-11-20(3)4)14-18-17-8-6-5-7-16(17)9-10-19-18/h5-8,15,18-19H,9-14H2,1-4H3. The summed E-state index contributed by atoms with van der Waals surface area (Å²) in [6.07, 6.45) is 1.16. The predicted octanol–water partition coefficient (Wildman–Crippen LogP) is 2.39. The van der Waals surface area contributed by atoms with E-state index in [0.717, 1.165) is 32.6 Å². The summed E-state index contributed by atoms with van der Waals surface area (Å²) in [6, 6.07) is 9.40. The summed E-state index contributed by atoms with van der Waals surface area (Å²) in [5.41, 5.74) is 3.03. The topological polar surface area (TPSA) is 18.5 Å². The Morgan fingerprint density at radius 1 is 1.19 bits per heavy atom. The Bertz CT molecular complexity index is 428. The third-order valence-electron chi connectivity index (χ3n) is 4.14. The van der Waals surface area contributed by atoms with Crippen molar-refractivity contribution in [2.45, 2.75) is 26.3 Å². The molecule has 3 heteroatoms. The summed E-state index contributed by atoms with van der Waals surface area (Å²) in [4.78, 5) is 4.89. The lowest BCUT2D eigenvalue weighted by atomic mass is 9.94. The molecule has 0 spiro atoms. The number of likely N-dealkylation sites (N-methyl/N-ethyl adjacent to an activating group) is 1. The first-order valence-corrected chi connectivity index (χ1v) is 8.24. The average Bonchev–Trinajstić information content (AvgIpc) is 2.44. The van der Waals surface area contributed by atoms with Gasteiger partial charge in [-0.05, 0) is 44.1 Å². The molecule has 1 heterocycles. The molecule has 1 aliphatic rings. The van der Waals surface area contributed by atoms with E-state index < -0.39 is 0 Å². The summed E-state index contributed by atoms with van der Waals surface area (Å²) in [5, 5.41) is 3.71. The zero-order chi connectivity index (χ0) is 15.2. The lowest BCUT2D eigenvalue weighted by Gasteiger charge is -2.33. The number of nitrogens with one attached hydrogen (secondary N) is 1. The molecule has 0 aromatic heterocycles. The van der Waals surface area contributed by atoms with Crippen LogP contribution in [0.4, 0.5) is 0 Å². The average molecular weight is 289 g/mol. The molecule has 118 valence electrons. The first-order valence-electron chi connectivity index (χ1n) is 8.24. The minimum absolute atomic E-state index is 0.482. The zero-order valence-electron chi connectivity index (χ0n) is 14.1. The van der Waals surface area contributed by atoms with Crippen LogP contribution in [0.1, 0.15) is 31.0 Å². The minimum atomic E-state index is 0.482. The first kappa shape index (κ1) is 16.5. The maximum Gasteiger partial charge on any atom is 0.0452 e. The summed E-state index contributed by atoms with van der Waals surface area (Å²) < 4.78 is 0. The maximum atomic E-state index is 3.71. The second kappa shape index (κ2) is 7.92. The maximum absolute atomic E-state index is 3.71. The molecule has 0 bridgehead atoms. The van der Waals surface area contributed by atoms with E-state index in [9.17, 15) is 0 Å². The molecule has 2 rings (SSSR count). The van der Waals surface area contributed by atoms with E-state index >= 15 is 0 Å². The highest BCUT2D eigenvalue weighted by Gasteiger charge is 2.21. The fourth-order valence-corrected chi connectivity index (χ4v) is 3.13. The fraction of sp³-hybridized carbons (Fsp3) is 0.667. The Hall–Kier alpha value is -0.900. The predicted molar refractivity (Wildman–Crippen MR) is 90.7 cm³/mol. The summed E-state index contributed by atoms with van der Waals surface area (Å²) in [7, 11) is 4.31. The Morgan fingerprint density at radius 2 is 1.95 bits per heavy atom. The van der Waals surface area contributed by atoms with Gasteiger partial charge in [-0.25, -0.2) is 0 Å². The molecule has 0 saturated heterocycles. The third kappa shape index (κ3) is 5.10. The van der Waals surface area contributed by atoms with Crippen molar-refractivity contribution in [2.24, 2.45) is 5.92 Å². The van der Waals surface area contributed by atoms with Crippen molar-refractivity contribution < 1.29 is 0 Å². The Kier molecular flexibility index (Phi) is 6.22. The van der Waals surface area contributed by atoms with E-state index in [2.05, 4.69) is 67.3 Å². The molecule has 1 atom stereocenters. The van der Waals surface area contributed by atoms with Gasteiger partial charge < -0.3 is 10.2 Å². The van der Waals surface area contributed by atoms with Crippen molar-refractivity contribution in [2.75, 3.05) is 46.8 Å². The largest absolute Gasteiger partial charge is 0.309 e. The van der Waals surface area contributed by atoms with E-state index in [-0.39, 0.29) is 0 Å². The second-order valence-corrected chi connectivity index (χ2v) is 6.91. The van der Waals surface area contributed by atoms with Crippen LogP contribution in [-0.4, -0.2) is 56.6 Å². The molecule has 0 fully saturated rings. The highest BCUT2D eigenvalue weighted by Crippen LogP contribution is 2.23. The van der Waals surface area contributed by atoms with Gasteiger partial charge in [-0.2, -0.15) is 0 Å². The monoisotopic (exact) mass is 289 g/mol. The second-order valence-electron chi connectivity index (χ2n) is 6.91. The molecular weight excluding hydrogens is 258 g/mol. The smallest absolute Gasteiger partial charge is 0.0452 e. The van der Waals surface area contributed by atoms with E-state index in [1.165, 1.54) is 17.7 Å². The number of fused-ring (bicyclic) bond motifs is 1. The van der Waals surface area contributed by atoms with Crippen molar-refractivity contribution in [3.05, 3.63) is 35.4 Å². The van der Waals surface area contributed by atoms with Crippen molar-refractivity contribution in [3.63, 3.8) is 0 Å². The van der Waals surface area contributed by atoms with E-state index in [1.807, 2.05) is 0 Å². The normalized spacial score (nSPS) is 18.5. The lowest BCUT2D eigenvalue weighted by Crippen LogP contribution is -2.42. The van der Waals surface area contributed by atoms with Crippen LogP contribution in [0.15, 0.2) is 24.3 Å². The summed E-state index contributed by atoms with van der Waals surface area (Å²) in [5.74, 6) is 0.714. The molecule has 1 aromatic carbocycles. The Labute approximate surface area is 130 Å². The lowest BCUT2D eigenvalue weighted by molar-refractivity contribution is 0.196. The van der Waals surface area contributed by atoms with Crippen LogP contribution >= 0.6 is 0 Å². The molecule has 0 saturated carbocycles. The van der Waals surface area contributed by atoms with Crippen molar-refractivity contribution in [1.82, 2.24) is 15.1 Å². The molecule has 0 amide bonds. The van der Waals surface area contributed by atoms with Gasteiger partial charge in [-0.3, -0.25) is 4.90 Å². The molecule has 1 N–H and O–H groups in total. The molecule has 1 aromatic rings. The van der Waals surface area contributed by atoms with Crippen LogP contribution in [0.5, 0.6) is 0 Å². The number of benzene rings is 1. The minimum Gasteiger partial charge on any atom is -0.309 e. The number of rotatable bonds is 7. The molecule has 1 aliphatic heterocycles. The Balaban J connectivity index is 2.02. The van der Waals surface area contributed by atoms with Gasteiger partial charge >= 0.3 is 0 Å². The van der Waals surface area contributed by atoms with Crippen LogP contribution in [0.2, 0.25) is 0 Å². The van der Waals surface area contributed by atoms with Gasteiger partial charge in [-0.1, -0.05) is 38.1 Å². The molecule has 1 unspecified atom stereocenters. The number of hydrogen-bond acceptors (Lipinski definition) is 3. The van der Waals surface area contributed by atoms with E-state index in [1.54, 1.807) is 0 Å². The molecule has 21 heavy (non-hydrogen) atoms. The van der Waals surface area contributed by atoms with Crippen LogP contribution < -0.4 is 5.32 Å². The summed E-state index contributed by atoms with van der Waals surface area (Å²) in [6.45, 7) is 10.3. The highest BCUT2D eigenvalue weighted by atomic mass is 15.2. The van der Waals surface area contributed by atoms with Crippen molar-refractivity contribution >= 4 is 0 Å². The van der Waals surface area contributed by atoms with E-state index in [0.29, 0.717) is 12.0 Å². The summed E-state index contributed by atoms with van der Waals surface area (Å²) >= 11 is 0. The fourth-order valence-electron chi connectivity index (χ4n) is 3.13. The van der Waals surface area contributed by atoms with E-state index in [4.69, 9.17) is 0 Å². The van der Waals surface area contributed by atoms with Gasteiger partial charge in [0, 0.05) is 32.2 Å². The van der Waals surface area contributed by atoms with Crippen LogP contribution in [0.3, 0.4) is 0 Å². The number of hydrogen-bond donors (Lipinski definition) is 1. The van der Waals surface area contributed by atoms with Gasteiger partial charge in [-0.15, -0.1) is 0 Å². The first-order chi connectivity index (χ1) is 10.1. The Morgan fingerprint density at radius 3 is 2.67 bits per heavy atom. The molecule has 0 aliphatic carbocycles. The van der Waals surface area contributed by atoms with Crippen LogP contribution in [-0.2, 0) is 6.42 Å². The van der Waals surface area contributed by atoms with Crippen molar-refractivity contribution in [3.8, 4) is 0 Å². The zero-order valence-corrected chi connectivity index (χ0v) is 14.1. The SMILES string of the molecule is CC(C)CN(CCN(C)C)CC1NCCc2ccccc21. The third-order valence-corrected chi connectivity index (χ3v) is 4.14. The quantitative estimate of drug-likeness (QED) is 0.831. The molecule has 0 radical (unpaired) electrons. The van der Waals surface area contributed by atoms with Gasteiger partial charge in [0.25, 0.3) is 0 Å². The van der Waals surface area contributed by atoms with Gasteiger partial charge in [0.15, 0.2) is 0 Å². The van der Waals surface area contributed by atoms with Crippen molar-refractivity contribution in [1.29, 1.82) is 0 Å². The molecular formula is C18H31N3.